The van der Waals surface area contributed by atoms with Crippen molar-refractivity contribution in [1.82, 2.24) is 0 Å². The van der Waals surface area contributed by atoms with E-state index in [0.29, 0.717) is 17.0 Å². The number of hydrogen-bond donors (Lipinski definition) is 1. The van der Waals surface area contributed by atoms with Crippen LogP contribution in [0, 0.1) is 14.9 Å². The molecule has 4 heteroatoms. The van der Waals surface area contributed by atoms with Gasteiger partial charge in [0, 0.05) is 6.07 Å². The van der Waals surface area contributed by atoms with Crippen LogP contribution in [-0.2, 0) is 0 Å². The fraction of sp³-hybridized carbons (Fsp3) is 0.125. The summed E-state index contributed by atoms with van der Waals surface area (Å²) < 4.78 is 5.92. The number of rotatable bonds is 1. The number of halogens is 1. The van der Waals surface area contributed by atoms with E-state index in [1.54, 1.807) is 19.2 Å². The number of nitrogens with two attached hydrogens (primary N) is 1. The van der Waals surface area contributed by atoms with E-state index in [4.69, 9.17) is 15.7 Å². The molecule has 12 heavy (non-hydrogen) atoms. The number of anilines is 1. The van der Waals surface area contributed by atoms with Gasteiger partial charge in [-0.2, -0.15) is 5.26 Å². The number of nitriles is 1. The van der Waals surface area contributed by atoms with E-state index in [1.807, 2.05) is 6.07 Å². The quantitative estimate of drug-likeness (QED) is 0.627. The molecule has 0 saturated carbocycles. The highest BCUT2D eigenvalue weighted by Gasteiger charge is 2.04. The van der Waals surface area contributed by atoms with Gasteiger partial charge in [0.05, 0.1) is 21.9 Å². The maximum atomic E-state index is 8.63. The SMILES string of the molecule is COc1cc(N)c(C#N)cc1I. The first-order valence-corrected chi connectivity index (χ1v) is 4.30. The number of ether oxygens (including phenoxy) is 1. The highest BCUT2D eigenvalue weighted by atomic mass is 127. The molecule has 0 atom stereocenters. The van der Waals surface area contributed by atoms with Crippen LogP contribution < -0.4 is 10.5 Å². The normalized spacial score (nSPS) is 9.08. The van der Waals surface area contributed by atoms with Crippen molar-refractivity contribution in [1.29, 1.82) is 5.26 Å². The fourth-order valence-corrected chi connectivity index (χ4v) is 1.51. The van der Waals surface area contributed by atoms with Crippen LogP contribution in [0.2, 0.25) is 0 Å². The van der Waals surface area contributed by atoms with Crippen LogP contribution in [0.15, 0.2) is 12.1 Å². The Balaban J connectivity index is 3.28. The van der Waals surface area contributed by atoms with Gasteiger partial charge < -0.3 is 10.5 Å². The average molecular weight is 274 g/mol. The van der Waals surface area contributed by atoms with Gasteiger partial charge in [0.15, 0.2) is 0 Å². The van der Waals surface area contributed by atoms with E-state index in [9.17, 15) is 0 Å². The number of benzene rings is 1. The molecule has 1 aromatic rings. The molecule has 0 heterocycles. The largest absolute Gasteiger partial charge is 0.496 e. The summed E-state index contributed by atoms with van der Waals surface area (Å²) in [7, 11) is 1.57. The Kier molecular flexibility index (Phi) is 2.76. The van der Waals surface area contributed by atoms with Gasteiger partial charge in [-0.05, 0) is 28.7 Å². The average Bonchev–Trinajstić information content (AvgIpc) is 2.08. The Morgan fingerprint density at radius 2 is 2.25 bits per heavy atom. The smallest absolute Gasteiger partial charge is 0.134 e. The van der Waals surface area contributed by atoms with E-state index in [1.165, 1.54) is 0 Å². The zero-order valence-electron chi connectivity index (χ0n) is 6.47. The van der Waals surface area contributed by atoms with Gasteiger partial charge >= 0.3 is 0 Å². The molecule has 0 aliphatic carbocycles. The molecule has 0 aromatic heterocycles. The molecule has 0 fully saturated rings. The summed E-state index contributed by atoms with van der Waals surface area (Å²) in [5.74, 6) is 0.701. The highest BCUT2D eigenvalue weighted by Crippen LogP contribution is 2.25. The van der Waals surface area contributed by atoms with Gasteiger partial charge in [-0.1, -0.05) is 0 Å². The second-order valence-corrected chi connectivity index (χ2v) is 3.35. The molecule has 0 aliphatic heterocycles. The minimum atomic E-state index is 0.453. The van der Waals surface area contributed by atoms with Crippen LogP contribution in [0.1, 0.15) is 5.56 Å². The molecule has 0 aliphatic rings. The Morgan fingerprint density at radius 1 is 1.58 bits per heavy atom. The predicted octanol–water partition coefficient (Wildman–Crippen LogP) is 1.75. The number of methoxy groups -OCH3 is 1. The zero-order valence-corrected chi connectivity index (χ0v) is 8.62. The topological polar surface area (TPSA) is 59.0 Å². The Morgan fingerprint density at radius 3 is 2.75 bits per heavy atom. The minimum absolute atomic E-state index is 0.453. The van der Waals surface area contributed by atoms with Crippen molar-refractivity contribution in [3.05, 3.63) is 21.3 Å². The lowest BCUT2D eigenvalue weighted by atomic mass is 10.2. The van der Waals surface area contributed by atoms with Gasteiger partial charge in [-0.3, -0.25) is 0 Å². The molecule has 1 aromatic carbocycles. The van der Waals surface area contributed by atoms with Gasteiger partial charge in [0.1, 0.15) is 11.8 Å². The van der Waals surface area contributed by atoms with E-state index in [0.717, 1.165) is 3.57 Å². The molecule has 0 unspecified atom stereocenters. The van der Waals surface area contributed by atoms with Gasteiger partial charge in [-0.15, -0.1) is 0 Å². The second kappa shape index (κ2) is 3.63. The molecule has 0 bridgehead atoms. The van der Waals surface area contributed by atoms with Crippen molar-refractivity contribution in [2.45, 2.75) is 0 Å². The van der Waals surface area contributed by atoms with Crippen molar-refractivity contribution in [2.75, 3.05) is 12.8 Å². The maximum absolute atomic E-state index is 8.63. The first-order valence-electron chi connectivity index (χ1n) is 3.22. The van der Waals surface area contributed by atoms with Crippen molar-refractivity contribution < 1.29 is 4.74 Å². The van der Waals surface area contributed by atoms with E-state index in [2.05, 4.69) is 22.6 Å². The molecule has 62 valence electrons. The molecule has 3 nitrogen and oxygen atoms in total. The van der Waals surface area contributed by atoms with Crippen LogP contribution >= 0.6 is 22.6 Å². The second-order valence-electron chi connectivity index (χ2n) is 2.19. The van der Waals surface area contributed by atoms with Crippen molar-refractivity contribution >= 4 is 28.3 Å². The first kappa shape index (κ1) is 9.13. The third kappa shape index (κ3) is 1.61. The summed E-state index contributed by atoms with van der Waals surface area (Å²) in [6.07, 6.45) is 0. The first-order chi connectivity index (χ1) is 5.69. The summed E-state index contributed by atoms with van der Waals surface area (Å²) in [6, 6.07) is 5.36. The van der Waals surface area contributed by atoms with Crippen LogP contribution in [0.3, 0.4) is 0 Å². The third-order valence-corrected chi connectivity index (χ3v) is 2.29. The summed E-state index contributed by atoms with van der Waals surface area (Å²) in [6.45, 7) is 0. The van der Waals surface area contributed by atoms with E-state index >= 15 is 0 Å². The van der Waals surface area contributed by atoms with Gasteiger partial charge in [-0.25, -0.2) is 0 Å². The number of hydrogen-bond acceptors (Lipinski definition) is 3. The fourth-order valence-electron chi connectivity index (χ4n) is 0.822. The van der Waals surface area contributed by atoms with Crippen LogP contribution in [0.4, 0.5) is 5.69 Å². The van der Waals surface area contributed by atoms with Crippen LogP contribution in [-0.4, -0.2) is 7.11 Å². The van der Waals surface area contributed by atoms with E-state index < -0.39 is 0 Å². The maximum Gasteiger partial charge on any atom is 0.134 e. The van der Waals surface area contributed by atoms with E-state index in [-0.39, 0.29) is 0 Å². The number of nitrogen functional groups attached to an aromatic ring is 1. The molecule has 2 N–H and O–H groups in total. The van der Waals surface area contributed by atoms with Crippen molar-refractivity contribution in [3.63, 3.8) is 0 Å². The molecule has 0 saturated heterocycles. The Bertz CT molecular complexity index is 343. The summed E-state index contributed by atoms with van der Waals surface area (Å²) >= 11 is 2.09. The third-order valence-electron chi connectivity index (χ3n) is 1.44. The van der Waals surface area contributed by atoms with Gasteiger partial charge in [0.25, 0.3) is 0 Å². The van der Waals surface area contributed by atoms with Crippen LogP contribution in [0.25, 0.3) is 0 Å². The van der Waals surface area contributed by atoms with Crippen LogP contribution in [0.5, 0.6) is 5.75 Å². The molecule has 1 rings (SSSR count). The summed E-state index contributed by atoms with van der Waals surface area (Å²) in [4.78, 5) is 0. The minimum Gasteiger partial charge on any atom is -0.496 e. The monoisotopic (exact) mass is 274 g/mol. The summed E-state index contributed by atoms with van der Waals surface area (Å²) in [5, 5.41) is 8.63. The van der Waals surface area contributed by atoms with Gasteiger partial charge in [0.2, 0.25) is 0 Å². The molecular weight excluding hydrogens is 267 g/mol. The molecule has 0 radical (unpaired) electrons. The predicted molar refractivity (Wildman–Crippen MR) is 54.8 cm³/mol. The lowest BCUT2D eigenvalue weighted by Crippen LogP contribution is -1.94. The zero-order chi connectivity index (χ0) is 9.14. The molecule has 0 amide bonds. The standard InChI is InChI=1S/C8H7IN2O/c1-12-8-3-7(11)5(4-10)2-6(8)9/h2-3H,11H2,1H3. The summed E-state index contributed by atoms with van der Waals surface area (Å²) in [5.41, 5.74) is 6.51. The Labute approximate surface area is 84.3 Å². The lowest BCUT2D eigenvalue weighted by Gasteiger charge is -2.04. The molecule has 0 spiro atoms. The Hall–Kier alpha value is -0.960. The highest BCUT2D eigenvalue weighted by molar-refractivity contribution is 14.1. The lowest BCUT2D eigenvalue weighted by molar-refractivity contribution is 0.412. The van der Waals surface area contributed by atoms with Crippen molar-refractivity contribution in [2.24, 2.45) is 0 Å². The number of nitrogens with zero attached hydrogens (tertiary/aromatic N) is 1. The van der Waals surface area contributed by atoms with Crippen molar-refractivity contribution in [3.8, 4) is 11.8 Å². The molecular formula is C8H7IN2O.